The van der Waals surface area contributed by atoms with Gasteiger partial charge < -0.3 is 15.1 Å². The SMILES string of the molecule is Cc1ccc(C)c(N2CCN(C(=O)c3ccn(C4CCCNC4)n3)CC2)c1.Cl. The smallest absolute Gasteiger partial charge is 0.274 e. The van der Waals surface area contributed by atoms with Crippen LogP contribution in [0, 0.1) is 13.8 Å². The van der Waals surface area contributed by atoms with Gasteiger partial charge in [0.05, 0.1) is 6.04 Å². The molecule has 28 heavy (non-hydrogen) atoms. The summed E-state index contributed by atoms with van der Waals surface area (Å²) in [5.41, 5.74) is 4.42. The number of benzene rings is 1. The fourth-order valence-electron chi connectivity index (χ4n) is 4.09. The van der Waals surface area contributed by atoms with Crippen LogP contribution in [-0.2, 0) is 0 Å². The van der Waals surface area contributed by atoms with Crippen LogP contribution in [-0.4, -0.2) is 59.9 Å². The van der Waals surface area contributed by atoms with Crippen LogP contribution in [0.4, 0.5) is 5.69 Å². The van der Waals surface area contributed by atoms with Crippen LogP contribution in [0.5, 0.6) is 0 Å². The number of aromatic nitrogens is 2. The van der Waals surface area contributed by atoms with Crippen molar-refractivity contribution in [3.05, 3.63) is 47.3 Å². The van der Waals surface area contributed by atoms with Gasteiger partial charge in [-0.15, -0.1) is 12.4 Å². The lowest BCUT2D eigenvalue weighted by molar-refractivity contribution is 0.0739. The van der Waals surface area contributed by atoms with E-state index in [1.54, 1.807) is 0 Å². The number of nitrogens with one attached hydrogen (secondary N) is 1. The monoisotopic (exact) mass is 403 g/mol. The highest BCUT2D eigenvalue weighted by molar-refractivity contribution is 5.92. The lowest BCUT2D eigenvalue weighted by Crippen LogP contribution is -2.49. The first-order valence-corrected chi connectivity index (χ1v) is 9.99. The predicted octanol–water partition coefficient (Wildman–Crippen LogP) is 2.81. The summed E-state index contributed by atoms with van der Waals surface area (Å²) in [6.45, 7) is 9.50. The van der Waals surface area contributed by atoms with E-state index in [-0.39, 0.29) is 18.3 Å². The van der Waals surface area contributed by atoms with Gasteiger partial charge >= 0.3 is 0 Å². The Morgan fingerprint density at radius 1 is 1.14 bits per heavy atom. The maximum Gasteiger partial charge on any atom is 0.274 e. The molecule has 2 saturated heterocycles. The molecule has 0 spiro atoms. The number of hydrogen-bond acceptors (Lipinski definition) is 4. The molecule has 7 heteroatoms. The van der Waals surface area contributed by atoms with E-state index in [1.165, 1.54) is 16.8 Å². The number of hydrogen-bond donors (Lipinski definition) is 1. The molecule has 6 nitrogen and oxygen atoms in total. The van der Waals surface area contributed by atoms with Crippen molar-refractivity contribution < 1.29 is 4.79 Å². The number of piperidine rings is 1. The Morgan fingerprint density at radius 3 is 2.64 bits per heavy atom. The lowest BCUT2D eigenvalue weighted by Gasteiger charge is -2.36. The van der Waals surface area contributed by atoms with Crippen LogP contribution < -0.4 is 10.2 Å². The molecule has 1 unspecified atom stereocenters. The molecule has 3 heterocycles. The molecule has 0 saturated carbocycles. The van der Waals surface area contributed by atoms with Gasteiger partial charge in [-0.3, -0.25) is 9.48 Å². The normalized spacial score (nSPS) is 20.0. The second-order valence-electron chi connectivity index (χ2n) is 7.75. The van der Waals surface area contributed by atoms with E-state index in [1.807, 2.05) is 21.8 Å². The Balaban J connectivity index is 0.00000225. The Bertz CT molecular complexity index is 807. The Kier molecular flexibility index (Phi) is 6.62. The number of halogens is 1. The van der Waals surface area contributed by atoms with E-state index in [2.05, 4.69) is 47.4 Å². The molecular weight excluding hydrogens is 374 g/mol. The Morgan fingerprint density at radius 2 is 1.93 bits per heavy atom. The number of rotatable bonds is 3. The molecule has 1 aromatic carbocycles. The van der Waals surface area contributed by atoms with Crippen LogP contribution >= 0.6 is 12.4 Å². The van der Waals surface area contributed by atoms with Gasteiger partial charge in [-0.25, -0.2) is 0 Å². The van der Waals surface area contributed by atoms with Gasteiger partial charge in [0.15, 0.2) is 0 Å². The van der Waals surface area contributed by atoms with E-state index in [0.717, 1.165) is 52.1 Å². The highest BCUT2D eigenvalue weighted by atomic mass is 35.5. The standard InChI is InChI=1S/C21H29N5O.ClH/c1-16-5-6-17(2)20(14-16)24-10-12-25(13-11-24)21(27)19-7-9-26(23-19)18-4-3-8-22-15-18;/h5-7,9,14,18,22H,3-4,8,10-13,15H2,1-2H3;1H. The van der Waals surface area contributed by atoms with Crippen LogP contribution in [0.1, 0.15) is 40.5 Å². The summed E-state index contributed by atoms with van der Waals surface area (Å²) in [6, 6.07) is 8.80. The summed E-state index contributed by atoms with van der Waals surface area (Å²) in [5, 5.41) is 7.99. The number of nitrogens with zero attached hydrogens (tertiary/aromatic N) is 4. The summed E-state index contributed by atoms with van der Waals surface area (Å²) >= 11 is 0. The van der Waals surface area contributed by atoms with Gasteiger partial charge in [0.1, 0.15) is 5.69 Å². The maximum atomic E-state index is 12.9. The van der Waals surface area contributed by atoms with E-state index in [9.17, 15) is 4.79 Å². The summed E-state index contributed by atoms with van der Waals surface area (Å²) in [7, 11) is 0. The fourth-order valence-corrected chi connectivity index (χ4v) is 4.09. The summed E-state index contributed by atoms with van der Waals surface area (Å²) < 4.78 is 1.96. The van der Waals surface area contributed by atoms with Crippen LogP contribution in [0.2, 0.25) is 0 Å². The second-order valence-corrected chi connectivity index (χ2v) is 7.75. The first-order chi connectivity index (χ1) is 13.1. The van der Waals surface area contributed by atoms with Crippen molar-refractivity contribution in [2.45, 2.75) is 32.7 Å². The van der Waals surface area contributed by atoms with Crippen molar-refractivity contribution in [3.8, 4) is 0 Å². The molecule has 4 rings (SSSR count). The predicted molar refractivity (Wildman–Crippen MR) is 115 cm³/mol. The van der Waals surface area contributed by atoms with Crippen molar-refractivity contribution in [1.29, 1.82) is 0 Å². The Hall–Kier alpha value is -2.05. The van der Waals surface area contributed by atoms with Gasteiger partial charge in [0.25, 0.3) is 5.91 Å². The first-order valence-electron chi connectivity index (χ1n) is 9.99. The van der Waals surface area contributed by atoms with E-state index in [4.69, 9.17) is 0 Å². The van der Waals surface area contributed by atoms with Crippen molar-refractivity contribution in [2.24, 2.45) is 0 Å². The third-order valence-electron chi connectivity index (χ3n) is 5.74. The number of carbonyl (C=O) groups is 1. The van der Waals surface area contributed by atoms with Gasteiger partial charge in [-0.1, -0.05) is 12.1 Å². The van der Waals surface area contributed by atoms with E-state index in [0.29, 0.717) is 11.7 Å². The highest BCUT2D eigenvalue weighted by Gasteiger charge is 2.25. The van der Waals surface area contributed by atoms with E-state index >= 15 is 0 Å². The number of piperazine rings is 1. The minimum atomic E-state index is 0. The van der Waals surface area contributed by atoms with E-state index < -0.39 is 0 Å². The number of carbonyl (C=O) groups excluding carboxylic acids is 1. The van der Waals surface area contributed by atoms with Crippen molar-refractivity contribution in [3.63, 3.8) is 0 Å². The molecule has 1 amide bonds. The molecule has 2 aromatic rings. The average Bonchev–Trinajstić information content (AvgIpc) is 3.20. The fraction of sp³-hybridized carbons (Fsp3) is 0.524. The van der Waals surface area contributed by atoms with Crippen molar-refractivity contribution in [2.75, 3.05) is 44.2 Å². The summed E-state index contributed by atoms with van der Waals surface area (Å²) in [5.74, 6) is 0.0538. The minimum absolute atomic E-state index is 0. The minimum Gasteiger partial charge on any atom is -0.368 e. The zero-order valence-electron chi connectivity index (χ0n) is 16.7. The second kappa shape index (κ2) is 8.97. The number of amides is 1. The summed E-state index contributed by atoms with van der Waals surface area (Å²) in [4.78, 5) is 17.2. The molecule has 2 aliphatic rings. The summed E-state index contributed by atoms with van der Waals surface area (Å²) in [6.07, 6.45) is 4.24. The molecule has 0 bridgehead atoms. The molecule has 152 valence electrons. The quantitative estimate of drug-likeness (QED) is 0.856. The van der Waals surface area contributed by atoms with Crippen LogP contribution in [0.15, 0.2) is 30.5 Å². The number of anilines is 1. The maximum absolute atomic E-state index is 12.9. The van der Waals surface area contributed by atoms with Crippen LogP contribution in [0.25, 0.3) is 0 Å². The third-order valence-corrected chi connectivity index (χ3v) is 5.74. The molecular formula is C21H30ClN5O. The Labute approximate surface area is 173 Å². The van der Waals surface area contributed by atoms with Gasteiger partial charge in [-0.05, 0) is 56.5 Å². The molecule has 2 aliphatic heterocycles. The average molecular weight is 404 g/mol. The molecule has 1 aromatic heterocycles. The topological polar surface area (TPSA) is 53.4 Å². The zero-order valence-corrected chi connectivity index (χ0v) is 17.5. The molecule has 0 aliphatic carbocycles. The molecule has 1 N–H and O–H groups in total. The van der Waals surface area contributed by atoms with Crippen molar-refractivity contribution in [1.82, 2.24) is 20.0 Å². The van der Waals surface area contributed by atoms with Gasteiger partial charge in [-0.2, -0.15) is 5.10 Å². The zero-order chi connectivity index (χ0) is 18.8. The lowest BCUT2D eigenvalue weighted by atomic mass is 10.1. The highest BCUT2D eigenvalue weighted by Crippen LogP contribution is 2.23. The molecule has 0 radical (unpaired) electrons. The first kappa shape index (κ1) is 20.7. The molecule has 2 fully saturated rings. The number of aryl methyl sites for hydroxylation is 2. The third kappa shape index (κ3) is 4.33. The van der Waals surface area contributed by atoms with Crippen LogP contribution in [0.3, 0.4) is 0 Å². The largest absolute Gasteiger partial charge is 0.368 e. The van der Waals surface area contributed by atoms with Gasteiger partial charge in [0, 0.05) is 44.6 Å². The van der Waals surface area contributed by atoms with Gasteiger partial charge in [0.2, 0.25) is 0 Å². The van der Waals surface area contributed by atoms with Crippen molar-refractivity contribution >= 4 is 24.0 Å². The molecule has 1 atom stereocenters.